The SMILES string of the molecule is CPC(P(C)C)(P(C)C)[PH](C)(C)C. The van der Waals surface area contributed by atoms with E-state index in [0.29, 0.717) is 0 Å². The summed E-state index contributed by atoms with van der Waals surface area (Å²) in [5.41, 5.74) is 0. The van der Waals surface area contributed by atoms with E-state index in [9.17, 15) is 0 Å². The van der Waals surface area contributed by atoms with Gasteiger partial charge in [-0.15, -0.1) is 0 Å². The van der Waals surface area contributed by atoms with Gasteiger partial charge in [0.1, 0.15) is 0 Å². The molecule has 1 unspecified atom stereocenters. The normalized spacial score (nSPS) is 16.5. The molecule has 4 heteroatoms. The number of hydrogen-bond acceptors (Lipinski definition) is 0. The van der Waals surface area contributed by atoms with Crippen molar-refractivity contribution in [2.45, 2.75) is 4.38 Å². The molecule has 0 aliphatic carbocycles. The van der Waals surface area contributed by atoms with Gasteiger partial charge in [-0.25, -0.2) is 0 Å². The van der Waals surface area contributed by atoms with Crippen molar-refractivity contribution >= 4 is 31.7 Å². The quantitative estimate of drug-likeness (QED) is 0.668. The fourth-order valence-electron chi connectivity index (χ4n) is 2.56. The molecule has 0 saturated carbocycles. The Morgan fingerprint density at radius 2 is 1.23 bits per heavy atom. The second-order valence-electron chi connectivity index (χ2n) is 4.96. The van der Waals surface area contributed by atoms with Crippen molar-refractivity contribution in [3.8, 4) is 0 Å². The molecule has 0 aliphatic rings. The van der Waals surface area contributed by atoms with Gasteiger partial charge < -0.3 is 0 Å². The van der Waals surface area contributed by atoms with Crippen molar-refractivity contribution in [1.82, 2.24) is 0 Å². The fourth-order valence-corrected chi connectivity index (χ4v) is 23.1. The van der Waals surface area contributed by atoms with Gasteiger partial charge in [0, 0.05) is 0 Å². The van der Waals surface area contributed by atoms with Crippen LogP contribution in [0.1, 0.15) is 0 Å². The molecule has 1 atom stereocenters. The van der Waals surface area contributed by atoms with Crippen LogP contribution in [-0.4, -0.2) is 57.7 Å². The van der Waals surface area contributed by atoms with E-state index < -0.39 is 7.26 Å². The van der Waals surface area contributed by atoms with Gasteiger partial charge in [-0.3, -0.25) is 0 Å². The van der Waals surface area contributed by atoms with Crippen LogP contribution < -0.4 is 0 Å². The topological polar surface area (TPSA) is 0 Å². The summed E-state index contributed by atoms with van der Waals surface area (Å²) in [5, 5.41) is 0. The summed E-state index contributed by atoms with van der Waals surface area (Å²) < 4.78 is 0.775. The summed E-state index contributed by atoms with van der Waals surface area (Å²) in [6.45, 7) is 20.1. The minimum atomic E-state index is -0.993. The Bertz CT molecular complexity index is 149. The second kappa shape index (κ2) is 5.17. The zero-order chi connectivity index (χ0) is 10.9. The predicted molar refractivity (Wildman–Crippen MR) is 80.6 cm³/mol. The third-order valence-electron chi connectivity index (χ3n) is 2.69. The molecule has 0 N–H and O–H groups in total. The molecule has 13 heavy (non-hydrogen) atoms. The van der Waals surface area contributed by atoms with Crippen LogP contribution in [0.15, 0.2) is 0 Å². The van der Waals surface area contributed by atoms with Crippen LogP contribution in [0.2, 0.25) is 0 Å². The fraction of sp³-hybridized carbons (Fsp3) is 1.00. The minimum absolute atomic E-state index is 0.227. The third-order valence-corrected chi connectivity index (χ3v) is 24.2. The van der Waals surface area contributed by atoms with Gasteiger partial charge in [0.15, 0.2) is 0 Å². The summed E-state index contributed by atoms with van der Waals surface area (Å²) in [5.74, 6) is 0. The summed E-state index contributed by atoms with van der Waals surface area (Å²) in [4.78, 5) is 0. The average Bonchev–Trinajstić information content (AvgIpc) is 1.83. The molecule has 0 saturated heterocycles. The van der Waals surface area contributed by atoms with E-state index in [0.717, 1.165) is 13.0 Å². The van der Waals surface area contributed by atoms with E-state index in [1.165, 1.54) is 0 Å². The molecule has 0 amide bonds. The number of rotatable bonds is 4. The molecule has 0 fully saturated rings. The first-order valence-electron chi connectivity index (χ1n) is 4.74. The van der Waals surface area contributed by atoms with Gasteiger partial charge in [0.2, 0.25) is 0 Å². The molecule has 0 aromatic rings. The van der Waals surface area contributed by atoms with Crippen molar-refractivity contribution in [2.75, 3.05) is 53.3 Å². The van der Waals surface area contributed by atoms with Crippen LogP contribution >= 0.6 is 31.7 Å². The zero-order valence-electron chi connectivity index (χ0n) is 10.4. The molecule has 0 aliphatic heterocycles. The molecule has 0 bridgehead atoms. The Balaban J connectivity index is 5.12. The maximum atomic E-state index is 2.56. The summed E-state index contributed by atoms with van der Waals surface area (Å²) >= 11 is 0. The predicted octanol–water partition coefficient (Wildman–Crippen LogP) is 4.03. The summed E-state index contributed by atoms with van der Waals surface area (Å²) in [6.07, 6.45) is 0. The van der Waals surface area contributed by atoms with Gasteiger partial charge in [-0.05, 0) is 0 Å². The molecular formula is C9H26P4. The molecule has 0 spiro atoms. The van der Waals surface area contributed by atoms with E-state index >= 15 is 0 Å². The van der Waals surface area contributed by atoms with Crippen LogP contribution in [0.3, 0.4) is 0 Å². The Morgan fingerprint density at radius 1 is 0.923 bits per heavy atom. The maximum absolute atomic E-state index is 2.56. The van der Waals surface area contributed by atoms with E-state index in [4.69, 9.17) is 0 Å². The average molecular weight is 258 g/mol. The molecule has 0 aromatic carbocycles. The van der Waals surface area contributed by atoms with E-state index in [1.807, 2.05) is 0 Å². The third kappa shape index (κ3) is 2.85. The van der Waals surface area contributed by atoms with Gasteiger partial charge >= 0.3 is 89.4 Å². The molecule has 82 valence electrons. The van der Waals surface area contributed by atoms with Crippen LogP contribution in [0.25, 0.3) is 0 Å². The Kier molecular flexibility index (Phi) is 5.85. The van der Waals surface area contributed by atoms with Crippen LogP contribution in [-0.2, 0) is 0 Å². The van der Waals surface area contributed by atoms with Gasteiger partial charge in [-0.2, -0.15) is 0 Å². The summed E-state index contributed by atoms with van der Waals surface area (Å²) in [6, 6.07) is 0. The van der Waals surface area contributed by atoms with Gasteiger partial charge in [0.25, 0.3) is 0 Å². The Morgan fingerprint density at radius 3 is 1.23 bits per heavy atom. The molecule has 0 nitrogen and oxygen atoms in total. The molecular weight excluding hydrogens is 232 g/mol. The van der Waals surface area contributed by atoms with Crippen molar-refractivity contribution in [3.63, 3.8) is 0 Å². The molecule has 0 radical (unpaired) electrons. The van der Waals surface area contributed by atoms with Crippen LogP contribution in [0, 0.1) is 0 Å². The van der Waals surface area contributed by atoms with Gasteiger partial charge in [0.05, 0.1) is 0 Å². The van der Waals surface area contributed by atoms with Crippen LogP contribution in [0.4, 0.5) is 0 Å². The molecule has 0 aromatic heterocycles. The van der Waals surface area contributed by atoms with E-state index in [1.54, 1.807) is 0 Å². The van der Waals surface area contributed by atoms with Crippen molar-refractivity contribution in [1.29, 1.82) is 0 Å². The van der Waals surface area contributed by atoms with E-state index in [-0.39, 0.29) is 15.8 Å². The van der Waals surface area contributed by atoms with Crippen molar-refractivity contribution in [3.05, 3.63) is 0 Å². The second-order valence-corrected chi connectivity index (χ2v) is 18.9. The first kappa shape index (κ1) is 14.7. The summed E-state index contributed by atoms with van der Waals surface area (Å²) in [7, 11) is 0.612. The van der Waals surface area contributed by atoms with E-state index in [2.05, 4.69) is 53.3 Å². The standard InChI is InChI=1S/C9H26P4/c1-10-9(11(2)3,12(4)5)13(6,7)8/h10,13H,1-8H3. The Labute approximate surface area is 89.7 Å². The first-order chi connectivity index (χ1) is 5.70. The molecule has 0 heterocycles. The van der Waals surface area contributed by atoms with Crippen molar-refractivity contribution in [2.24, 2.45) is 0 Å². The van der Waals surface area contributed by atoms with Crippen LogP contribution in [0.5, 0.6) is 0 Å². The monoisotopic (exact) mass is 258 g/mol. The van der Waals surface area contributed by atoms with Crippen molar-refractivity contribution < 1.29 is 0 Å². The Hall–Kier alpha value is 1.72. The molecule has 0 rings (SSSR count). The van der Waals surface area contributed by atoms with Gasteiger partial charge in [-0.1, -0.05) is 0 Å². The number of hydrogen-bond donors (Lipinski definition) is 0. The first-order valence-corrected chi connectivity index (χ1v) is 14.2. The zero-order valence-corrected chi connectivity index (χ0v) is 14.2.